The van der Waals surface area contributed by atoms with Crippen LogP contribution in [-0.4, -0.2) is 17.4 Å². The topological polar surface area (TPSA) is 56.9 Å². The molecule has 0 unspecified atom stereocenters. The Hall–Kier alpha value is -1.55. The molecule has 0 saturated carbocycles. The van der Waals surface area contributed by atoms with Crippen molar-refractivity contribution in [1.82, 2.24) is 15.8 Å². The van der Waals surface area contributed by atoms with Gasteiger partial charge in [0.1, 0.15) is 0 Å². The smallest absolute Gasteiger partial charge is 0.262 e. The van der Waals surface area contributed by atoms with Crippen LogP contribution in [-0.2, 0) is 4.79 Å². The summed E-state index contributed by atoms with van der Waals surface area (Å²) in [6.07, 6.45) is 5.52. The third-order valence-electron chi connectivity index (χ3n) is 1.74. The average molecular weight is 163 g/mol. The van der Waals surface area contributed by atoms with E-state index in [0.717, 1.165) is 11.1 Å². The number of hydrogen-bond acceptors (Lipinski definition) is 2. The second-order valence-corrected chi connectivity index (χ2v) is 2.62. The average Bonchev–Trinajstić information content (AvgIpc) is 2.65. The van der Waals surface area contributed by atoms with Gasteiger partial charge in [-0.05, 0) is 17.7 Å². The van der Waals surface area contributed by atoms with E-state index in [1.54, 1.807) is 0 Å². The van der Waals surface area contributed by atoms with Gasteiger partial charge in [-0.3, -0.25) is 10.2 Å². The van der Waals surface area contributed by atoms with Gasteiger partial charge in [0.15, 0.2) is 0 Å². The van der Waals surface area contributed by atoms with E-state index < -0.39 is 0 Å². The SMILES string of the molecule is O=C1NNCC1=Cc1cc[nH]c1. The van der Waals surface area contributed by atoms with Crippen molar-refractivity contribution in [2.45, 2.75) is 0 Å². The number of H-pyrrole nitrogens is 1. The van der Waals surface area contributed by atoms with Crippen LogP contribution in [0.1, 0.15) is 5.56 Å². The predicted octanol–water partition coefficient (Wildman–Crippen LogP) is 0.0325. The summed E-state index contributed by atoms with van der Waals surface area (Å²) in [4.78, 5) is 14.0. The number of nitrogens with one attached hydrogen (secondary N) is 3. The molecule has 1 aromatic rings. The second kappa shape index (κ2) is 2.83. The first-order valence-electron chi connectivity index (χ1n) is 3.73. The van der Waals surface area contributed by atoms with Crippen LogP contribution < -0.4 is 10.9 Å². The lowest BCUT2D eigenvalue weighted by molar-refractivity contribution is -0.116. The molecule has 0 atom stereocenters. The number of carbonyl (C=O) groups excluding carboxylic acids is 1. The standard InChI is InChI=1S/C8H9N3O/c12-8-7(5-10-11-8)3-6-1-2-9-4-6/h1-4,9-10H,5H2,(H,11,12). The lowest BCUT2D eigenvalue weighted by atomic mass is 10.2. The summed E-state index contributed by atoms with van der Waals surface area (Å²) in [6.45, 7) is 0.587. The van der Waals surface area contributed by atoms with E-state index in [1.807, 2.05) is 24.5 Å². The summed E-state index contributed by atoms with van der Waals surface area (Å²) in [5, 5.41) is 0. The Morgan fingerprint density at radius 3 is 3.00 bits per heavy atom. The van der Waals surface area contributed by atoms with Crippen molar-refractivity contribution in [3.63, 3.8) is 0 Å². The lowest BCUT2D eigenvalue weighted by Gasteiger charge is -1.88. The van der Waals surface area contributed by atoms with Crippen LogP contribution >= 0.6 is 0 Å². The van der Waals surface area contributed by atoms with Gasteiger partial charge in [-0.15, -0.1) is 0 Å². The van der Waals surface area contributed by atoms with Crippen LogP contribution in [0.4, 0.5) is 0 Å². The van der Waals surface area contributed by atoms with E-state index in [4.69, 9.17) is 0 Å². The molecule has 0 bridgehead atoms. The summed E-state index contributed by atoms with van der Waals surface area (Å²) >= 11 is 0. The highest BCUT2D eigenvalue weighted by Crippen LogP contribution is 2.06. The maximum atomic E-state index is 11.0. The molecule has 1 aliphatic heterocycles. The number of carbonyl (C=O) groups is 1. The van der Waals surface area contributed by atoms with Gasteiger partial charge in [0.25, 0.3) is 5.91 Å². The first-order chi connectivity index (χ1) is 5.86. The molecule has 2 rings (SSSR count). The zero-order valence-corrected chi connectivity index (χ0v) is 6.42. The van der Waals surface area contributed by atoms with Gasteiger partial charge in [0.05, 0.1) is 0 Å². The van der Waals surface area contributed by atoms with Crippen molar-refractivity contribution in [3.8, 4) is 0 Å². The minimum atomic E-state index is -0.0452. The molecule has 3 N–H and O–H groups in total. The molecule has 1 aliphatic rings. The highest BCUT2D eigenvalue weighted by Gasteiger charge is 2.14. The molecular weight excluding hydrogens is 154 g/mol. The number of rotatable bonds is 1. The number of aromatic amines is 1. The quantitative estimate of drug-likeness (QED) is 0.512. The van der Waals surface area contributed by atoms with Crippen molar-refractivity contribution < 1.29 is 4.79 Å². The molecule has 1 fully saturated rings. The lowest BCUT2D eigenvalue weighted by Crippen LogP contribution is -2.25. The first-order valence-corrected chi connectivity index (χ1v) is 3.73. The maximum Gasteiger partial charge on any atom is 0.262 e. The largest absolute Gasteiger partial charge is 0.367 e. The molecule has 0 spiro atoms. The molecule has 0 aliphatic carbocycles. The summed E-state index contributed by atoms with van der Waals surface area (Å²) in [7, 11) is 0. The minimum Gasteiger partial charge on any atom is -0.367 e. The Morgan fingerprint density at radius 1 is 1.50 bits per heavy atom. The number of hydrazine groups is 1. The van der Waals surface area contributed by atoms with Crippen LogP contribution in [0.5, 0.6) is 0 Å². The molecule has 1 saturated heterocycles. The summed E-state index contributed by atoms with van der Waals surface area (Å²) < 4.78 is 0. The Morgan fingerprint density at radius 2 is 2.42 bits per heavy atom. The van der Waals surface area contributed by atoms with Gasteiger partial charge < -0.3 is 4.98 Å². The number of hydrogen-bond donors (Lipinski definition) is 3. The van der Waals surface area contributed by atoms with E-state index in [1.165, 1.54) is 0 Å². The molecule has 12 heavy (non-hydrogen) atoms. The Bertz CT molecular complexity index is 313. The van der Waals surface area contributed by atoms with E-state index in [-0.39, 0.29) is 5.91 Å². The van der Waals surface area contributed by atoms with Gasteiger partial charge in [0, 0.05) is 24.5 Å². The molecule has 4 nitrogen and oxygen atoms in total. The maximum absolute atomic E-state index is 11.0. The zero-order chi connectivity index (χ0) is 8.39. The molecular formula is C8H9N3O. The molecule has 4 heteroatoms. The predicted molar refractivity (Wildman–Crippen MR) is 44.9 cm³/mol. The number of amides is 1. The van der Waals surface area contributed by atoms with E-state index in [2.05, 4.69) is 15.8 Å². The Balaban J connectivity index is 2.23. The van der Waals surface area contributed by atoms with Crippen molar-refractivity contribution in [2.24, 2.45) is 0 Å². The summed E-state index contributed by atoms with van der Waals surface area (Å²) in [5.41, 5.74) is 7.05. The third-order valence-corrected chi connectivity index (χ3v) is 1.74. The normalized spacial score (nSPS) is 20.0. The van der Waals surface area contributed by atoms with Crippen molar-refractivity contribution in [3.05, 3.63) is 29.6 Å². The van der Waals surface area contributed by atoms with Crippen molar-refractivity contribution in [2.75, 3.05) is 6.54 Å². The van der Waals surface area contributed by atoms with Crippen LogP contribution in [0.15, 0.2) is 24.0 Å². The Labute approximate surface area is 69.6 Å². The van der Waals surface area contributed by atoms with Gasteiger partial charge >= 0.3 is 0 Å². The highest BCUT2D eigenvalue weighted by atomic mass is 16.2. The van der Waals surface area contributed by atoms with Crippen LogP contribution in [0.3, 0.4) is 0 Å². The molecule has 2 heterocycles. The van der Waals surface area contributed by atoms with Crippen LogP contribution in [0.25, 0.3) is 6.08 Å². The molecule has 0 radical (unpaired) electrons. The molecule has 62 valence electrons. The Kier molecular flexibility index (Phi) is 1.68. The monoisotopic (exact) mass is 163 g/mol. The molecule has 0 aromatic carbocycles. The van der Waals surface area contributed by atoms with E-state index >= 15 is 0 Å². The van der Waals surface area contributed by atoms with Gasteiger partial charge in [-0.1, -0.05) is 0 Å². The van der Waals surface area contributed by atoms with Crippen molar-refractivity contribution in [1.29, 1.82) is 0 Å². The first kappa shape index (κ1) is 7.12. The number of aromatic nitrogens is 1. The minimum absolute atomic E-state index is 0.0452. The van der Waals surface area contributed by atoms with Crippen LogP contribution in [0, 0.1) is 0 Å². The van der Waals surface area contributed by atoms with E-state index in [9.17, 15) is 4.79 Å². The summed E-state index contributed by atoms with van der Waals surface area (Å²) in [6, 6.07) is 1.92. The van der Waals surface area contributed by atoms with Gasteiger partial charge in [-0.2, -0.15) is 0 Å². The third kappa shape index (κ3) is 1.24. The van der Waals surface area contributed by atoms with E-state index in [0.29, 0.717) is 6.54 Å². The van der Waals surface area contributed by atoms with Gasteiger partial charge in [-0.25, -0.2) is 5.43 Å². The van der Waals surface area contributed by atoms with Gasteiger partial charge in [0.2, 0.25) is 0 Å². The fourth-order valence-electron chi connectivity index (χ4n) is 1.12. The molecule has 1 amide bonds. The van der Waals surface area contributed by atoms with Crippen LogP contribution in [0.2, 0.25) is 0 Å². The zero-order valence-electron chi connectivity index (χ0n) is 6.42. The molecule has 1 aromatic heterocycles. The van der Waals surface area contributed by atoms with Crippen molar-refractivity contribution >= 4 is 12.0 Å². The second-order valence-electron chi connectivity index (χ2n) is 2.62. The summed E-state index contributed by atoms with van der Waals surface area (Å²) in [5.74, 6) is -0.0452. The fraction of sp³-hybridized carbons (Fsp3) is 0.125. The fourth-order valence-corrected chi connectivity index (χ4v) is 1.12. The highest BCUT2D eigenvalue weighted by molar-refractivity contribution is 5.99.